The second-order valence-electron chi connectivity index (χ2n) is 9.42. The van der Waals surface area contributed by atoms with E-state index in [9.17, 15) is 14.4 Å². The van der Waals surface area contributed by atoms with Crippen LogP contribution in [0, 0.1) is 58.7 Å². The zero-order valence-corrected chi connectivity index (χ0v) is 16.0. The SMILES string of the molecule is C#CCNC(=O)CN1CCCN(C(=O)C23C4C5C2C2C3C4C52C(=O)OC)CC1. The third-order valence-electron chi connectivity index (χ3n) is 9.17. The molecule has 0 aromatic carbocycles. The number of terminal acetylenes is 1. The van der Waals surface area contributed by atoms with Gasteiger partial charge in [0.2, 0.25) is 11.8 Å². The Hall–Kier alpha value is -2.07. The lowest BCUT2D eigenvalue weighted by molar-refractivity contribution is -0.627. The average molecular weight is 383 g/mol. The van der Waals surface area contributed by atoms with Crippen LogP contribution in [0.3, 0.4) is 0 Å². The number of nitrogens with zero attached hydrogens (tertiary/aromatic N) is 2. The first-order valence-electron chi connectivity index (χ1n) is 10.4. The number of amides is 2. The lowest BCUT2D eigenvalue weighted by atomic mass is 8.92. The van der Waals surface area contributed by atoms with Crippen molar-refractivity contribution in [3.05, 3.63) is 0 Å². The summed E-state index contributed by atoms with van der Waals surface area (Å²) in [6, 6.07) is 0. The smallest absolute Gasteiger partial charge is 0.312 e. The van der Waals surface area contributed by atoms with Crippen molar-refractivity contribution in [3.8, 4) is 12.3 Å². The fourth-order valence-corrected chi connectivity index (χ4v) is 8.55. The van der Waals surface area contributed by atoms with Gasteiger partial charge in [0.1, 0.15) is 0 Å². The van der Waals surface area contributed by atoms with Crippen molar-refractivity contribution in [2.75, 3.05) is 46.4 Å². The molecule has 7 rings (SSSR count). The predicted molar refractivity (Wildman–Crippen MR) is 97.3 cm³/mol. The Labute approximate surface area is 164 Å². The highest BCUT2D eigenvalue weighted by Crippen LogP contribution is 3.10. The van der Waals surface area contributed by atoms with E-state index in [0.717, 1.165) is 19.5 Å². The zero-order valence-electron chi connectivity index (χ0n) is 16.0. The first kappa shape index (κ1) is 16.8. The van der Waals surface area contributed by atoms with Crippen LogP contribution in [0.1, 0.15) is 6.42 Å². The van der Waals surface area contributed by atoms with E-state index >= 15 is 0 Å². The molecule has 1 saturated heterocycles. The molecule has 28 heavy (non-hydrogen) atoms. The van der Waals surface area contributed by atoms with Crippen LogP contribution in [0.25, 0.3) is 0 Å². The number of hydrogen-bond donors (Lipinski definition) is 1. The number of methoxy groups -OCH3 is 1. The average Bonchev–Trinajstić information content (AvgIpc) is 2.96. The van der Waals surface area contributed by atoms with E-state index in [1.54, 1.807) is 0 Å². The quantitative estimate of drug-likeness (QED) is 0.496. The molecule has 0 unspecified atom stereocenters. The molecule has 1 aliphatic heterocycles. The number of rotatable bonds is 5. The molecule has 7 aliphatic rings. The van der Waals surface area contributed by atoms with Crippen molar-refractivity contribution < 1.29 is 19.1 Å². The van der Waals surface area contributed by atoms with Crippen LogP contribution in [0.2, 0.25) is 0 Å². The van der Waals surface area contributed by atoms with E-state index in [-0.39, 0.29) is 29.3 Å². The molecule has 1 heterocycles. The maximum absolute atomic E-state index is 13.4. The fourth-order valence-electron chi connectivity index (χ4n) is 8.55. The fraction of sp³-hybridized carbons (Fsp3) is 0.762. The van der Waals surface area contributed by atoms with Gasteiger partial charge < -0.3 is 15.0 Å². The van der Waals surface area contributed by atoms with Gasteiger partial charge in [-0.05, 0) is 41.9 Å². The Morgan fingerprint density at radius 3 is 2.29 bits per heavy atom. The molecule has 7 heteroatoms. The minimum Gasteiger partial charge on any atom is -0.469 e. The van der Waals surface area contributed by atoms with Crippen LogP contribution >= 0.6 is 0 Å². The summed E-state index contributed by atoms with van der Waals surface area (Å²) < 4.78 is 5.07. The topological polar surface area (TPSA) is 79.0 Å². The number of hydrogen-bond acceptors (Lipinski definition) is 5. The lowest BCUT2D eigenvalue weighted by Crippen LogP contribution is -3.12. The second kappa shape index (κ2) is 5.10. The molecule has 0 aromatic rings. The highest BCUT2D eigenvalue weighted by Gasteiger charge is 3.13. The van der Waals surface area contributed by atoms with E-state index < -0.39 is 0 Å². The Kier molecular flexibility index (Phi) is 3.07. The standard InChI is InChI=1S/C21H25N3O4/c1-3-5-22-11(25)10-23-6-4-7-24(9-8-23)18(26)20-12-15-13(20)17-14(20)16(12)21(15,17)19(27)28-2/h1,12-17H,4-10H2,2H3,(H,22,25). The normalized spacial score (nSPS) is 48.2. The van der Waals surface area contributed by atoms with Gasteiger partial charge in [0, 0.05) is 26.2 Å². The summed E-state index contributed by atoms with van der Waals surface area (Å²) in [7, 11) is 1.49. The number of ether oxygens (including phenoxy) is 1. The minimum atomic E-state index is -0.182. The summed E-state index contributed by atoms with van der Waals surface area (Å²) >= 11 is 0. The molecule has 148 valence electrons. The first-order valence-corrected chi connectivity index (χ1v) is 10.4. The van der Waals surface area contributed by atoms with Gasteiger partial charge in [-0.1, -0.05) is 5.92 Å². The third kappa shape index (κ3) is 1.40. The van der Waals surface area contributed by atoms with Crippen LogP contribution in [0.4, 0.5) is 0 Å². The van der Waals surface area contributed by atoms with Gasteiger partial charge in [-0.15, -0.1) is 6.42 Å². The molecular weight excluding hydrogens is 358 g/mol. The lowest BCUT2D eigenvalue weighted by Gasteiger charge is -3.09. The van der Waals surface area contributed by atoms with Crippen LogP contribution in [0.5, 0.6) is 0 Å². The van der Waals surface area contributed by atoms with Gasteiger partial charge in [-0.3, -0.25) is 19.3 Å². The molecule has 0 aromatic heterocycles. The van der Waals surface area contributed by atoms with Crippen LogP contribution < -0.4 is 5.32 Å². The summed E-state index contributed by atoms with van der Waals surface area (Å²) in [6.45, 7) is 3.55. The van der Waals surface area contributed by atoms with E-state index in [1.165, 1.54) is 7.11 Å². The van der Waals surface area contributed by atoms with Gasteiger partial charge in [-0.2, -0.15) is 0 Å². The van der Waals surface area contributed by atoms with Crippen LogP contribution in [-0.2, 0) is 19.1 Å². The molecule has 1 N–H and O–H groups in total. The van der Waals surface area contributed by atoms with Gasteiger partial charge in [0.05, 0.1) is 31.0 Å². The molecule has 0 atom stereocenters. The Morgan fingerprint density at radius 1 is 1.04 bits per heavy atom. The van der Waals surface area contributed by atoms with Crippen LogP contribution in [0.15, 0.2) is 0 Å². The third-order valence-corrected chi connectivity index (χ3v) is 9.17. The van der Waals surface area contributed by atoms with Crippen molar-refractivity contribution >= 4 is 17.8 Å². The van der Waals surface area contributed by atoms with Crippen molar-refractivity contribution in [2.45, 2.75) is 6.42 Å². The second-order valence-corrected chi connectivity index (χ2v) is 9.42. The van der Waals surface area contributed by atoms with Gasteiger partial charge in [-0.25, -0.2) is 0 Å². The minimum absolute atomic E-state index is 0.0227. The first-order chi connectivity index (χ1) is 13.6. The summed E-state index contributed by atoms with van der Waals surface area (Å²) in [5.74, 6) is 5.23. The molecule has 0 radical (unpaired) electrons. The van der Waals surface area contributed by atoms with Crippen molar-refractivity contribution in [2.24, 2.45) is 46.3 Å². The number of nitrogens with one attached hydrogen (secondary N) is 1. The van der Waals surface area contributed by atoms with Crippen molar-refractivity contribution in [3.63, 3.8) is 0 Å². The number of esters is 1. The van der Waals surface area contributed by atoms with Gasteiger partial charge in [0.15, 0.2) is 0 Å². The van der Waals surface area contributed by atoms with E-state index in [0.29, 0.717) is 61.0 Å². The van der Waals surface area contributed by atoms with Crippen molar-refractivity contribution in [1.82, 2.24) is 15.1 Å². The molecule has 2 amide bonds. The van der Waals surface area contributed by atoms with Crippen molar-refractivity contribution in [1.29, 1.82) is 0 Å². The Balaban J connectivity index is 1.08. The molecule has 0 bridgehead atoms. The van der Waals surface area contributed by atoms with E-state index in [2.05, 4.69) is 16.1 Å². The molecule has 7 nitrogen and oxygen atoms in total. The summed E-state index contributed by atoms with van der Waals surface area (Å²) in [4.78, 5) is 41.7. The van der Waals surface area contributed by atoms with E-state index in [4.69, 9.17) is 11.2 Å². The van der Waals surface area contributed by atoms with Crippen LogP contribution in [-0.4, -0.2) is 74.0 Å². The molecule has 0 spiro atoms. The highest BCUT2D eigenvalue weighted by molar-refractivity contribution is 5.98. The molecule has 7 fully saturated rings. The maximum atomic E-state index is 13.4. The predicted octanol–water partition coefficient (Wildman–Crippen LogP) is -0.819. The van der Waals surface area contributed by atoms with E-state index in [1.807, 2.05) is 4.90 Å². The highest BCUT2D eigenvalue weighted by atomic mass is 16.5. The molecule has 6 saturated carbocycles. The number of carbonyl (C=O) groups is 3. The molecule has 6 aliphatic carbocycles. The monoisotopic (exact) mass is 383 g/mol. The largest absolute Gasteiger partial charge is 0.469 e. The van der Waals surface area contributed by atoms with Gasteiger partial charge >= 0.3 is 5.97 Å². The summed E-state index contributed by atoms with van der Waals surface area (Å²) in [5, 5.41) is 2.70. The Morgan fingerprint density at radius 2 is 1.68 bits per heavy atom. The summed E-state index contributed by atoms with van der Waals surface area (Å²) in [6.07, 6.45) is 6.06. The molecular formula is C21H25N3O4. The number of carbonyl (C=O) groups excluding carboxylic acids is 3. The Bertz CT molecular complexity index is 792. The summed E-state index contributed by atoms with van der Waals surface area (Å²) in [5.41, 5.74) is -0.312. The maximum Gasteiger partial charge on any atom is 0.312 e. The zero-order chi connectivity index (χ0) is 19.4. The van der Waals surface area contributed by atoms with Gasteiger partial charge in [0.25, 0.3) is 0 Å².